The summed E-state index contributed by atoms with van der Waals surface area (Å²) in [4.78, 5) is 4.28. The molecule has 0 aliphatic carbocycles. The summed E-state index contributed by atoms with van der Waals surface area (Å²) in [7, 11) is -3.57. The fourth-order valence-corrected chi connectivity index (χ4v) is 2.62. The van der Waals surface area contributed by atoms with E-state index in [4.69, 9.17) is 34.8 Å². The number of hydrogen-bond acceptors (Lipinski definition) is 3. The molecule has 134 valence electrons. The number of nitrogens with zero attached hydrogens (tertiary/aromatic N) is 2. The highest BCUT2D eigenvalue weighted by Gasteiger charge is 2.29. The van der Waals surface area contributed by atoms with Crippen LogP contribution in [-0.4, -0.2) is 30.1 Å². The van der Waals surface area contributed by atoms with Crippen molar-refractivity contribution in [3.63, 3.8) is 0 Å². The van der Waals surface area contributed by atoms with Gasteiger partial charge in [0.2, 0.25) is 3.79 Å². The number of nitrogens with one attached hydrogen (secondary N) is 1. The first kappa shape index (κ1) is 21.2. The molecule has 5 nitrogen and oxygen atoms in total. The molecule has 1 aromatic rings. The van der Waals surface area contributed by atoms with E-state index in [0.29, 0.717) is 6.42 Å². The van der Waals surface area contributed by atoms with Gasteiger partial charge in [0, 0.05) is 6.42 Å². The molecule has 0 radical (unpaired) electrons. The van der Waals surface area contributed by atoms with Crippen molar-refractivity contribution in [3.05, 3.63) is 35.9 Å². The standard InChI is InChI=1S/C15H20Cl3N3O2S/c1-3-4-10-13(21-24(2,22)23)20-14(15(16,17)18)19-11-12-8-6-5-7-9-12/h5-9H,3-4,10-11H2,1-2H3,(H,19,20,21). The number of unbranched alkanes of at least 4 members (excludes halogenated alkanes) is 1. The van der Waals surface area contributed by atoms with E-state index in [-0.39, 0.29) is 18.2 Å². The Morgan fingerprint density at radius 3 is 2.33 bits per heavy atom. The third-order valence-corrected chi connectivity index (χ3v) is 3.93. The highest BCUT2D eigenvalue weighted by molar-refractivity contribution is 7.89. The monoisotopic (exact) mass is 411 g/mol. The largest absolute Gasteiger partial charge is 0.328 e. The number of benzene rings is 1. The van der Waals surface area contributed by atoms with Gasteiger partial charge in [-0.1, -0.05) is 78.5 Å². The lowest BCUT2D eigenvalue weighted by molar-refractivity contribution is 0.603. The molecule has 0 bridgehead atoms. The Morgan fingerprint density at radius 2 is 1.83 bits per heavy atom. The smallest absolute Gasteiger partial charge is 0.251 e. The van der Waals surface area contributed by atoms with Crippen LogP contribution in [0.2, 0.25) is 0 Å². The lowest BCUT2D eigenvalue weighted by Gasteiger charge is -2.18. The molecular formula is C15H20Cl3N3O2S. The van der Waals surface area contributed by atoms with Crippen LogP contribution in [0.4, 0.5) is 0 Å². The van der Waals surface area contributed by atoms with Crippen LogP contribution < -0.4 is 5.32 Å². The minimum Gasteiger partial charge on any atom is -0.328 e. The molecule has 24 heavy (non-hydrogen) atoms. The first-order valence-corrected chi connectivity index (χ1v) is 10.3. The van der Waals surface area contributed by atoms with Crippen LogP contribution >= 0.6 is 34.8 Å². The Morgan fingerprint density at radius 1 is 1.21 bits per heavy atom. The van der Waals surface area contributed by atoms with Crippen molar-refractivity contribution in [3.8, 4) is 0 Å². The summed E-state index contributed by atoms with van der Waals surface area (Å²) in [5.41, 5.74) is 0.932. The molecule has 0 heterocycles. The van der Waals surface area contributed by atoms with E-state index in [0.717, 1.165) is 24.7 Å². The van der Waals surface area contributed by atoms with Crippen molar-refractivity contribution in [2.45, 2.75) is 36.5 Å². The molecule has 1 rings (SSSR count). The Labute approximate surface area is 158 Å². The van der Waals surface area contributed by atoms with E-state index in [1.807, 2.05) is 37.3 Å². The second-order valence-electron chi connectivity index (χ2n) is 5.15. The van der Waals surface area contributed by atoms with Crippen molar-refractivity contribution in [2.24, 2.45) is 9.39 Å². The van der Waals surface area contributed by atoms with Gasteiger partial charge in [0.1, 0.15) is 5.84 Å². The number of amidine groups is 2. The van der Waals surface area contributed by atoms with Crippen LogP contribution in [0.15, 0.2) is 39.7 Å². The summed E-state index contributed by atoms with van der Waals surface area (Å²) in [6.07, 6.45) is 3.04. The van der Waals surface area contributed by atoms with Crippen LogP contribution in [0.3, 0.4) is 0 Å². The van der Waals surface area contributed by atoms with Crippen molar-refractivity contribution >= 4 is 56.5 Å². The quantitative estimate of drug-likeness (QED) is 0.434. The van der Waals surface area contributed by atoms with Crippen molar-refractivity contribution in [2.75, 3.05) is 6.26 Å². The predicted octanol–water partition coefficient (Wildman–Crippen LogP) is 4.09. The van der Waals surface area contributed by atoms with E-state index < -0.39 is 13.8 Å². The zero-order valence-electron chi connectivity index (χ0n) is 13.5. The number of aliphatic imine (C=N–C) groups is 1. The van der Waals surface area contributed by atoms with E-state index in [1.165, 1.54) is 0 Å². The maximum Gasteiger partial charge on any atom is 0.251 e. The summed E-state index contributed by atoms with van der Waals surface area (Å²) < 4.78 is 24.8. The summed E-state index contributed by atoms with van der Waals surface area (Å²) in [6.45, 7) is 2.27. The summed E-state index contributed by atoms with van der Waals surface area (Å²) >= 11 is 17.8. The van der Waals surface area contributed by atoms with Crippen LogP contribution in [0.5, 0.6) is 0 Å². The maximum atomic E-state index is 11.4. The fraction of sp³-hybridized carbons (Fsp3) is 0.467. The molecule has 0 unspecified atom stereocenters. The van der Waals surface area contributed by atoms with E-state index in [2.05, 4.69) is 14.7 Å². The first-order chi connectivity index (χ1) is 11.1. The number of alkyl halides is 3. The lowest BCUT2D eigenvalue weighted by Crippen LogP contribution is -2.39. The molecule has 0 saturated heterocycles. The van der Waals surface area contributed by atoms with Crippen molar-refractivity contribution in [1.82, 2.24) is 5.32 Å². The van der Waals surface area contributed by atoms with E-state index in [1.54, 1.807) is 0 Å². The maximum absolute atomic E-state index is 11.4. The second-order valence-corrected chi connectivity index (χ2v) is 9.08. The van der Waals surface area contributed by atoms with Crippen LogP contribution in [-0.2, 0) is 16.6 Å². The lowest BCUT2D eigenvalue weighted by atomic mass is 10.2. The SMILES string of the molecule is CCCC/C(=N\S(C)(=O)=O)NC(=NCc1ccccc1)C(Cl)(Cl)Cl. The number of rotatable bonds is 6. The zero-order chi connectivity index (χ0) is 18.2. The van der Waals surface area contributed by atoms with Gasteiger partial charge in [-0.15, -0.1) is 0 Å². The van der Waals surface area contributed by atoms with Gasteiger partial charge in [-0.3, -0.25) is 4.99 Å². The molecule has 0 spiro atoms. The van der Waals surface area contributed by atoms with Gasteiger partial charge < -0.3 is 5.32 Å². The van der Waals surface area contributed by atoms with Gasteiger partial charge in [0.05, 0.1) is 12.8 Å². The number of halogens is 3. The minimum absolute atomic E-state index is 0.0369. The molecule has 0 fully saturated rings. The minimum atomic E-state index is -3.57. The Bertz CT molecular complexity index is 684. The fourth-order valence-electron chi connectivity index (χ4n) is 1.77. The van der Waals surface area contributed by atoms with Gasteiger partial charge in [0.25, 0.3) is 10.0 Å². The zero-order valence-corrected chi connectivity index (χ0v) is 16.6. The molecule has 0 aliphatic heterocycles. The Balaban J connectivity index is 3.04. The average Bonchev–Trinajstić information content (AvgIpc) is 2.47. The Hall–Kier alpha value is -0.820. The molecule has 0 atom stereocenters. The van der Waals surface area contributed by atoms with Gasteiger partial charge in [-0.05, 0) is 12.0 Å². The Kier molecular flexibility index (Phi) is 8.50. The normalized spacial score (nSPS) is 13.9. The molecule has 9 heteroatoms. The predicted molar refractivity (Wildman–Crippen MR) is 103 cm³/mol. The third kappa shape index (κ3) is 8.87. The van der Waals surface area contributed by atoms with Crippen molar-refractivity contribution in [1.29, 1.82) is 0 Å². The second kappa shape index (κ2) is 9.61. The van der Waals surface area contributed by atoms with Crippen LogP contribution in [0.1, 0.15) is 31.7 Å². The molecule has 0 saturated carbocycles. The summed E-state index contributed by atoms with van der Waals surface area (Å²) in [5.74, 6) is 0.243. The van der Waals surface area contributed by atoms with Crippen LogP contribution in [0, 0.1) is 0 Å². The van der Waals surface area contributed by atoms with Crippen molar-refractivity contribution < 1.29 is 8.42 Å². The third-order valence-electron chi connectivity index (χ3n) is 2.84. The average molecular weight is 413 g/mol. The van der Waals surface area contributed by atoms with E-state index in [9.17, 15) is 8.42 Å². The highest BCUT2D eigenvalue weighted by Crippen LogP contribution is 2.27. The molecule has 0 amide bonds. The van der Waals surface area contributed by atoms with E-state index >= 15 is 0 Å². The molecule has 1 N–H and O–H groups in total. The van der Waals surface area contributed by atoms with Gasteiger partial charge >= 0.3 is 0 Å². The highest BCUT2D eigenvalue weighted by atomic mass is 35.6. The summed E-state index contributed by atoms with van der Waals surface area (Å²) in [5, 5.41) is 2.78. The molecule has 0 aromatic heterocycles. The molecule has 1 aromatic carbocycles. The number of hydrogen-bond donors (Lipinski definition) is 1. The topological polar surface area (TPSA) is 70.9 Å². The van der Waals surface area contributed by atoms with Crippen LogP contribution in [0.25, 0.3) is 0 Å². The van der Waals surface area contributed by atoms with Gasteiger partial charge in [-0.25, -0.2) is 8.42 Å². The first-order valence-electron chi connectivity index (χ1n) is 7.33. The van der Waals surface area contributed by atoms with Gasteiger partial charge in [-0.2, -0.15) is 4.40 Å². The molecular weight excluding hydrogens is 393 g/mol. The molecule has 0 aliphatic rings. The number of sulfonamides is 1. The summed E-state index contributed by atoms with van der Waals surface area (Å²) in [6, 6.07) is 9.43. The van der Waals surface area contributed by atoms with Gasteiger partial charge in [0.15, 0.2) is 5.84 Å².